The van der Waals surface area contributed by atoms with Crippen LogP contribution in [0.4, 0.5) is 0 Å². The van der Waals surface area contributed by atoms with Gasteiger partial charge in [-0.15, -0.1) is 0 Å². The van der Waals surface area contributed by atoms with Crippen molar-refractivity contribution in [1.29, 1.82) is 0 Å². The van der Waals surface area contributed by atoms with Crippen LogP contribution in [0.5, 0.6) is 11.5 Å². The van der Waals surface area contributed by atoms with Crippen molar-refractivity contribution in [1.82, 2.24) is 0 Å². The van der Waals surface area contributed by atoms with E-state index < -0.39 is 0 Å². The van der Waals surface area contributed by atoms with E-state index in [9.17, 15) is 0 Å². The summed E-state index contributed by atoms with van der Waals surface area (Å²) in [7, 11) is 3.35. The highest BCUT2D eigenvalue weighted by atomic mass is 16.5. The molecule has 0 aromatic heterocycles. The molecule has 0 radical (unpaired) electrons. The van der Waals surface area contributed by atoms with Crippen molar-refractivity contribution < 1.29 is 9.47 Å². The maximum atomic E-state index is 5.35. The molecule has 1 rings (SSSR count). The summed E-state index contributed by atoms with van der Waals surface area (Å²) in [6.45, 7) is 6.79. The predicted octanol–water partition coefficient (Wildman–Crippen LogP) is 4.17. The topological polar surface area (TPSA) is 18.5 Å². The van der Waals surface area contributed by atoms with Gasteiger partial charge >= 0.3 is 0 Å². The molecule has 0 fully saturated rings. The molecule has 0 aliphatic heterocycles. The lowest BCUT2D eigenvalue weighted by Gasteiger charge is -2.26. The van der Waals surface area contributed by atoms with Gasteiger partial charge in [0.25, 0.3) is 0 Å². The van der Waals surface area contributed by atoms with Gasteiger partial charge in [-0.05, 0) is 29.5 Å². The second-order valence-corrected chi connectivity index (χ2v) is 5.06. The Morgan fingerprint density at radius 1 is 1.06 bits per heavy atom. The van der Waals surface area contributed by atoms with Crippen molar-refractivity contribution in [2.24, 2.45) is 0 Å². The Balaban J connectivity index is 2.98. The highest BCUT2D eigenvalue weighted by molar-refractivity contribution is 5.44. The molecular formula is C15H24O2. The van der Waals surface area contributed by atoms with Crippen molar-refractivity contribution in [2.45, 2.75) is 45.4 Å². The van der Waals surface area contributed by atoms with Gasteiger partial charge < -0.3 is 9.47 Å². The molecule has 0 atom stereocenters. The Morgan fingerprint density at radius 3 is 2.24 bits per heavy atom. The van der Waals surface area contributed by atoms with Gasteiger partial charge in [-0.2, -0.15) is 0 Å². The number of benzene rings is 1. The average Bonchev–Trinajstić information content (AvgIpc) is 2.35. The zero-order chi connectivity index (χ0) is 12.9. The van der Waals surface area contributed by atoms with Crippen LogP contribution in [0.2, 0.25) is 0 Å². The average molecular weight is 236 g/mol. The molecule has 2 nitrogen and oxygen atoms in total. The van der Waals surface area contributed by atoms with E-state index in [1.54, 1.807) is 14.2 Å². The lowest BCUT2D eigenvalue weighted by atomic mass is 9.80. The van der Waals surface area contributed by atoms with Crippen LogP contribution < -0.4 is 9.47 Å². The van der Waals surface area contributed by atoms with E-state index in [2.05, 4.69) is 32.9 Å². The van der Waals surface area contributed by atoms with Crippen LogP contribution in [0, 0.1) is 0 Å². The number of ether oxygens (including phenoxy) is 2. The Bertz CT molecular complexity index is 356. The van der Waals surface area contributed by atoms with E-state index >= 15 is 0 Å². The van der Waals surface area contributed by atoms with Crippen LogP contribution in [-0.2, 0) is 5.41 Å². The summed E-state index contributed by atoms with van der Waals surface area (Å²) in [5, 5.41) is 0. The van der Waals surface area contributed by atoms with Gasteiger partial charge in [-0.1, -0.05) is 39.7 Å². The third-order valence-electron chi connectivity index (χ3n) is 3.32. The van der Waals surface area contributed by atoms with Crippen LogP contribution in [-0.4, -0.2) is 14.2 Å². The molecule has 96 valence electrons. The van der Waals surface area contributed by atoms with Crippen molar-refractivity contribution in [2.75, 3.05) is 14.2 Å². The zero-order valence-corrected chi connectivity index (χ0v) is 11.7. The molecule has 0 spiro atoms. The van der Waals surface area contributed by atoms with Crippen molar-refractivity contribution in [3.8, 4) is 11.5 Å². The summed E-state index contributed by atoms with van der Waals surface area (Å²) in [5.74, 6) is 1.61. The van der Waals surface area contributed by atoms with Crippen LogP contribution >= 0.6 is 0 Å². The first kappa shape index (κ1) is 13.9. The molecule has 0 aliphatic rings. The highest BCUT2D eigenvalue weighted by Gasteiger charge is 2.21. The first-order valence-electron chi connectivity index (χ1n) is 6.27. The van der Waals surface area contributed by atoms with Crippen LogP contribution in [0.15, 0.2) is 18.2 Å². The minimum atomic E-state index is 0.190. The fraction of sp³-hybridized carbons (Fsp3) is 0.600. The van der Waals surface area contributed by atoms with Crippen LogP contribution in [0.25, 0.3) is 0 Å². The molecule has 2 heteroatoms. The lowest BCUT2D eigenvalue weighted by Crippen LogP contribution is -2.17. The fourth-order valence-corrected chi connectivity index (χ4v) is 2.02. The van der Waals surface area contributed by atoms with Crippen molar-refractivity contribution in [3.63, 3.8) is 0 Å². The molecule has 1 aromatic carbocycles. The number of hydrogen-bond donors (Lipinski definition) is 0. The second-order valence-electron chi connectivity index (χ2n) is 5.06. The Labute approximate surface area is 105 Å². The number of methoxy groups -OCH3 is 2. The lowest BCUT2D eigenvalue weighted by molar-refractivity contribution is 0.352. The molecule has 17 heavy (non-hydrogen) atoms. The molecule has 0 amide bonds. The monoisotopic (exact) mass is 236 g/mol. The Kier molecular flexibility index (Phi) is 4.86. The minimum absolute atomic E-state index is 0.190. The first-order chi connectivity index (χ1) is 8.05. The normalized spacial score (nSPS) is 11.4. The summed E-state index contributed by atoms with van der Waals surface area (Å²) in [6, 6.07) is 6.22. The molecule has 0 bridgehead atoms. The largest absolute Gasteiger partial charge is 0.493 e. The second kappa shape index (κ2) is 5.95. The van der Waals surface area contributed by atoms with Gasteiger partial charge in [0.15, 0.2) is 11.5 Å². The maximum Gasteiger partial charge on any atom is 0.161 e. The van der Waals surface area contributed by atoms with Gasteiger partial charge in [0.1, 0.15) is 0 Å². The quantitative estimate of drug-likeness (QED) is 0.738. The first-order valence-corrected chi connectivity index (χ1v) is 6.27. The third-order valence-corrected chi connectivity index (χ3v) is 3.32. The van der Waals surface area contributed by atoms with E-state index in [0.29, 0.717) is 0 Å². The summed E-state index contributed by atoms with van der Waals surface area (Å²) in [6.07, 6.45) is 3.68. The Hall–Kier alpha value is -1.18. The zero-order valence-electron chi connectivity index (χ0n) is 11.7. The van der Waals surface area contributed by atoms with Gasteiger partial charge in [-0.25, -0.2) is 0 Å². The van der Waals surface area contributed by atoms with Crippen LogP contribution in [0.1, 0.15) is 45.6 Å². The van der Waals surface area contributed by atoms with E-state index in [0.717, 1.165) is 11.5 Å². The van der Waals surface area contributed by atoms with Gasteiger partial charge in [0.05, 0.1) is 14.2 Å². The molecule has 0 saturated carbocycles. The van der Waals surface area contributed by atoms with Gasteiger partial charge in [0, 0.05) is 0 Å². The maximum absolute atomic E-state index is 5.35. The molecule has 0 heterocycles. The number of hydrogen-bond acceptors (Lipinski definition) is 2. The molecule has 0 aliphatic carbocycles. The third kappa shape index (κ3) is 3.39. The predicted molar refractivity (Wildman–Crippen MR) is 72.1 cm³/mol. The van der Waals surface area contributed by atoms with E-state index in [1.165, 1.54) is 24.8 Å². The molecule has 0 unspecified atom stereocenters. The number of unbranched alkanes of at least 4 members (excludes halogenated alkanes) is 1. The van der Waals surface area contributed by atoms with E-state index in [4.69, 9.17) is 9.47 Å². The summed E-state index contributed by atoms with van der Waals surface area (Å²) < 4.78 is 10.6. The molecule has 1 aromatic rings. The Morgan fingerprint density at radius 2 is 1.71 bits per heavy atom. The van der Waals surface area contributed by atoms with Crippen molar-refractivity contribution in [3.05, 3.63) is 23.8 Å². The molecular weight excluding hydrogens is 212 g/mol. The molecule has 0 N–H and O–H groups in total. The standard InChI is InChI=1S/C15H24O2/c1-6-7-10-15(2,3)12-8-9-13(16-4)14(11-12)17-5/h8-9,11H,6-7,10H2,1-5H3. The minimum Gasteiger partial charge on any atom is -0.493 e. The summed E-state index contributed by atoms with van der Waals surface area (Å²) in [5.41, 5.74) is 1.50. The summed E-state index contributed by atoms with van der Waals surface area (Å²) >= 11 is 0. The highest BCUT2D eigenvalue weighted by Crippen LogP contribution is 2.35. The van der Waals surface area contributed by atoms with E-state index in [1.807, 2.05) is 6.07 Å². The van der Waals surface area contributed by atoms with Crippen molar-refractivity contribution >= 4 is 0 Å². The van der Waals surface area contributed by atoms with E-state index in [-0.39, 0.29) is 5.41 Å². The van der Waals surface area contributed by atoms with Gasteiger partial charge in [0.2, 0.25) is 0 Å². The van der Waals surface area contributed by atoms with Crippen LogP contribution in [0.3, 0.4) is 0 Å². The smallest absolute Gasteiger partial charge is 0.161 e. The SMILES string of the molecule is CCCCC(C)(C)c1ccc(OC)c(OC)c1. The number of rotatable bonds is 6. The molecule has 0 saturated heterocycles. The fourth-order valence-electron chi connectivity index (χ4n) is 2.02. The van der Waals surface area contributed by atoms with Gasteiger partial charge in [-0.3, -0.25) is 0 Å². The summed E-state index contributed by atoms with van der Waals surface area (Å²) in [4.78, 5) is 0.